The molecule has 1 atom stereocenters. The third-order valence-electron chi connectivity index (χ3n) is 5.46. The second-order valence-corrected chi connectivity index (χ2v) is 8.27. The molecular weight excluding hydrogens is 428 g/mol. The molecule has 0 aliphatic carbocycles. The average molecular weight is 449 g/mol. The highest BCUT2D eigenvalue weighted by molar-refractivity contribution is 7.13. The largest absolute Gasteiger partial charge is 0.493 e. The highest BCUT2D eigenvalue weighted by Gasteiger charge is 2.36. The highest BCUT2D eigenvalue weighted by Crippen LogP contribution is 2.46. The molecule has 4 aromatic rings. The predicted molar refractivity (Wildman–Crippen MR) is 119 cm³/mol. The minimum atomic E-state index is -0.451. The number of ether oxygens (including phenoxy) is 3. The zero-order valence-electron chi connectivity index (χ0n) is 17.9. The van der Waals surface area contributed by atoms with Crippen LogP contribution in [0.2, 0.25) is 0 Å². The van der Waals surface area contributed by atoms with Gasteiger partial charge in [-0.05, 0) is 43.0 Å². The fourth-order valence-corrected chi connectivity index (χ4v) is 4.72. The van der Waals surface area contributed by atoms with Crippen molar-refractivity contribution in [1.82, 2.24) is 19.6 Å². The van der Waals surface area contributed by atoms with Crippen LogP contribution in [0.25, 0.3) is 16.3 Å². The molecule has 0 saturated carbocycles. The Balaban J connectivity index is 1.78. The molecule has 1 aromatic carbocycles. The lowest BCUT2D eigenvalue weighted by atomic mass is 9.81. The lowest BCUT2D eigenvalue weighted by molar-refractivity contribution is -0.114. The number of thiophene rings is 1. The first-order valence-electron chi connectivity index (χ1n) is 9.92. The van der Waals surface area contributed by atoms with E-state index in [0.717, 1.165) is 10.4 Å². The van der Waals surface area contributed by atoms with Crippen LogP contribution in [-0.4, -0.2) is 39.6 Å². The summed E-state index contributed by atoms with van der Waals surface area (Å²) in [7, 11) is 3.17. The average Bonchev–Trinajstić information content (AvgIpc) is 3.47. The zero-order chi connectivity index (χ0) is 22.4. The summed E-state index contributed by atoms with van der Waals surface area (Å²) >= 11 is 1.56. The van der Waals surface area contributed by atoms with Crippen LogP contribution in [0.1, 0.15) is 30.9 Å². The summed E-state index contributed by atoms with van der Waals surface area (Å²) in [6.45, 7) is 3.32. The van der Waals surface area contributed by atoms with Gasteiger partial charge in [-0.15, -0.1) is 16.4 Å². The minimum Gasteiger partial charge on any atom is -0.493 e. The van der Waals surface area contributed by atoms with Crippen LogP contribution in [0, 0.1) is 0 Å². The van der Waals surface area contributed by atoms with Gasteiger partial charge in [-0.1, -0.05) is 12.1 Å². The van der Waals surface area contributed by atoms with Crippen molar-refractivity contribution in [3.63, 3.8) is 0 Å². The van der Waals surface area contributed by atoms with E-state index in [9.17, 15) is 4.79 Å². The van der Waals surface area contributed by atoms with Crippen LogP contribution in [0.5, 0.6) is 17.4 Å². The van der Waals surface area contributed by atoms with Gasteiger partial charge in [-0.3, -0.25) is 4.79 Å². The zero-order valence-corrected chi connectivity index (χ0v) is 18.8. The van der Waals surface area contributed by atoms with Gasteiger partial charge in [0, 0.05) is 5.57 Å². The molecule has 1 aliphatic rings. The maximum absolute atomic E-state index is 12.8. The second-order valence-electron chi connectivity index (χ2n) is 7.32. The first-order valence-corrected chi connectivity index (χ1v) is 10.8. The fraction of sp³-hybridized carbons (Fsp3) is 0.217. The summed E-state index contributed by atoms with van der Waals surface area (Å²) in [4.78, 5) is 23.0. The number of aromatic nitrogens is 4. The van der Waals surface area contributed by atoms with Gasteiger partial charge in [-0.2, -0.15) is 0 Å². The molecule has 3 aromatic heterocycles. The molecule has 0 amide bonds. The maximum Gasteiger partial charge on any atom is 0.228 e. The molecule has 32 heavy (non-hydrogen) atoms. The fourth-order valence-electron chi connectivity index (χ4n) is 4.07. The molecule has 162 valence electrons. The third-order valence-corrected chi connectivity index (χ3v) is 6.32. The van der Waals surface area contributed by atoms with E-state index in [4.69, 9.17) is 19.2 Å². The van der Waals surface area contributed by atoms with E-state index in [0.29, 0.717) is 45.7 Å². The van der Waals surface area contributed by atoms with E-state index in [2.05, 4.69) is 10.1 Å². The quantitative estimate of drug-likeness (QED) is 0.451. The van der Waals surface area contributed by atoms with E-state index in [1.165, 1.54) is 6.92 Å². The normalized spacial score (nSPS) is 15.4. The number of hydrogen-bond acceptors (Lipinski definition) is 8. The number of allylic oxidation sites excluding steroid dienone is 2. The number of ketones is 1. The SMILES string of the molecule is COc1ccc([C@@H]2C(C(C)=O)=C(C)Oc3ncn4nc(-c5cccs5)nc4c32)cc1OC. The van der Waals surface area contributed by atoms with Crippen molar-refractivity contribution in [2.75, 3.05) is 14.2 Å². The smallest absolute Gasteiger partial charge is 0.228 e. The van der Waals surface area contributed by atoms with Gasteiger partial charge in [-0.25, -0.2) is 14.5 Å². The van der Waals surface area contributed by atoms with Crippen molar-refractivity contribution in [2.24, 2.45) is 0 Å². The molecule has 0 unspecified atom stereocenters. The highest BCUT2D eigenvalue weighted by atomic mass is 32.1. The molecule has 0 radical (unpaired) electrons. The maximum atomic E-state index is 12.8. The lowest BCUT2D eigenvalue weighted by Gasteiger charge is -2.28. The van der Waals surface area contributed by atoms with Crippen molar-refractivity contribution >= 4 is 22.8 Å². The Morgan fingerprint density at radius 1 is 1.19 bits per heavy atom. The first kappa shape index (κ1) is 20.2. The molecule has 8 nitrogen and oxygen atoms in total. The number of carbonyl (C=O) groups is 1. The van der Waals surface area contributed by atoms with Crippen molar-refractivity contribution in [2.45, 2.75) is 19.8 Å². The summed E-state index contributed by atoms with van der Waals surface area (Å²) in [5.41, 5.74) is 2.66. The molecule has 5 rings (SSSR count). The first-order chi connectivity index (χ1) is 15.5. The van der Waals surface area contributed by atoms with E-state index in [-0.39, 0.29) is 5.78 Å². The molecular formula is C23H20N4O4S. The van der Waals surface area contributed by atoms with Crippen molar-refractivity contribution in [1.29, 1.82) is 0 Å². The Bertz CT molecular complexity index is 1370. The van der Waals surface area contributed by atoms with Crippen LogP contribution in [0.3, 0.4) is 0 Å². The number of fused-ring (bicyclic) bond motifs is 3. The van der Waals surface area contributed by atoms with Crippen LogP contribution in [0.4, 0.5) is 0 Å². The molecule has 0 saturated heterocycles. The summed E-state index contributed by atoms with van der Waals surface area (Å²) in [6, 6.07) is 9.53. The number of nitrogens with zero attached hydrogens (tertiary/aromatic N) is 4. The Morgan fingerprint density at radius 2 is 2.00 bits per heavy atom. The van der Waals surface area contributed by atoms with Gasteiger partial charge >= 0.3 is 0 Å². The summed E-state index contributed by atoms with van der Waals surface area (Å²) in [5.74, 6) is 2.15. The molecule has 0 bridgehead atoms. The number of hydrogen-bond donors (Lipinski definition) is 0. The van der Waals surface area contributed by atoms with Crippen LogP contribution >= 0.6 is 11.3 Å². The van der Waals surface area contributed by atoms with Crippen LogP contribution < -0.4 is 14.2 Å². The van der Waals surface area contributed by atoms with Gasteiger partial charge < -0.3 is 14.2 Å². The van der Waals surface area contributed by atoms with E-state index in [1.54, 1.807) is 43.3 Å². The molecule has 0 N–H and O–H groups in total. The number of methoxy groups -OCH3 is 2. The number of carbonyl (C=O) groups excluding carboxylic acids is 1. The third kappa shape index (κ3) is 3.13. The van der Waals surface area contributed by atoms with Gasteiger partial charge in [0.15, 0.2) is 28.8 Å². The number of benzene rings is 1. The van der Waals surface area contributed by atoms with Crippen LogP contribution in [-0.2, 0) is 4.79 Å². The molecule has 4 heterocycles. The molecule has 9 heteroatoms. The second kappa shape index (κ2) is 7.76. The predicted octanol–water partition coefficient (Wildman–Crippen LogP) is 4.26. The van der Waals surface area contributed by atoms with Gasteiger partial charge in [0.2, 0.25) is 5.88 Å². The Kier molecular flexibility index (Phi) is 4.90. The van der Waals surface area contributed by atoms with E-state index >= 15 is 0 Å². The number of Topliss-reactive ketones (excluding diaryl/α,β-unsaturated/α-hetero) is 1. The topological polar surface area (TPSA) is 87.8 Å². The van der Waals surface area contributed by atoms with Crippen LogP contribution in [0.15, 0.2) is 53.4 Å². The van der Waals surface area contributed by atoms with Gasteiger partial charge in [0.1, 0.15) is 12.1 Å². The van der Waals surface area contributed by atoms with Gasteiger partial charge in [0.25, 0.3) is 0 Å². The molecule has 1 aliphatic heterocycles. The Hall–Kier alpha value is -3.72. The van der Waals surface area contributed by atoms with Crippen molar-refractivity contribution < 1.29 is 19.0 Å². The monoisotopic (exact) mass is 448 g/mol. The van der Waals surface area contributed by atoms with Gasteiger partial charge in [0.05, 0.1) is 30.6 Å². The minimum absolute atomic E-state index is 0.0899. The Labute approximate surface area is 188 Å². The summed E-state index contributed by atoms with van der Waals surface area (Å²) in [6.07, 6.45) is 1.58. The van der Waals surface area contributed by atoms with E-state index < -0.39 is 5.92 Å². The lowest BCUT2D eigenvalue weighted by Crippen LogP contribution is -2.22. The van der Waals surface area contributed by atoms with Crippen molar-refractivity contribution in [3.05, 3.63) is 64.5 Å². The molecule has 0 fully saturated rings. The molecule has 0 spiro atoms. The Morgan fingerprint density at radius 3 is 2.69 bits per heavy atom. The summed E-state index contributed by atoms with van der Waals surface area (Å²) < 4.78 is 18.5. The van der Waals surface area contributed by atoms with Crippen molar-refractivity contribution in [3.8, 4) is 28.1 Å². The standard InChI is InChI=1S/C23H20N4O4S/c1-12(28)18-13(2)31-23-20(19(18)14-7-8-15(29-3)16(10-14)30-4)22-25-21(17-6-5-9-32-17)26-27(22)11-24-23/h5-11,19H,1-4H3/t19-/m1/s1. The summed E-state index contributed by atoms with van der Waals surface area (Å²) in [5, 5.41) is 6.57. The number of rotatable bonds is 5. The van der Waals surface area contributed by atoms with E-state index in [1.807, 2.05) is 35.7 Å².